The Balaban J connectivity index is 1.29. The maximum Gasteiger partial charge on any atom is 0.262 e. The van der Waals surface area contributed by atoms with E-state index in [4.69, 9.17) is 21.1 Å². The number of carbonyl (C=O) groups is 2. The zero-order valence-corrected chi connectivity index (χ0v) is 21.5. The van der Waals surface area contributed by atoms with Crippen LogP contribution in [0.5, 0.6) is 11.5 Å². The first-order valence-corrected chi connectivity index (χ1v) is 12.2. The Morgan fingerprint density at radius 3 is 2.36 bits per heavy atom. The van der Waals surface area contributed by atoms with Crippen molar-refractivity contribution in [2.24, 2.45) is 0 Å². The predicted molar refractivity (Wildman–Crippen MR) is 143 cm³/mol. The Morgan fingerprint density at radius 1 is 0.944 bits per heavy atom. The molecule has 1 aliphatic heterocycles. The number of rotatable bonds is 7. The molecule has 0 aromatic heterocycles. The summed E-state index contributed by atoms with van der Waals surface area (Å²) in [6, 6.07) is 18.5. The number of methoxy groups -OCH3 is 1. The molecule has 8 heteroatoms. The summed E-state index contributed by atoms with van der Waals surface area (Å²) in [4.78, 5) is 29.4. The zero-order valence-electron chi connectivity index (χ0n) is 20.7. The summed E-state index contributed by atoms with van der Waals surface area (Å²) in [6.07, 6.45) is 0. The maximum atomic E-state index is 13.0. The highest BCUT2D eigenvalue weighted by Crippen LogP contribution is 2.26. The molecule has 0 atom stereocenters. The number of halogens is 1. The fourth-order valence-electron chi connectivity index (χ4n) is 4.16. The lowest BCUT2D eigenvalue weighted by Crippen LogP contribution is -2.48. The Labute approximate surface area is 216 Å². The van der Waals surface area contributed by atoms with Gasteiger partial charge in [0.25, 0.3) is 11.8 Å². The van der Waals surface area contributed by atoms with E-state index in [-0.39, 0.29) is 18.4 Å². The molecule has 3 aromatic carbocycles. The van der Waals surface area contributed by atoms with Crippen LogP contribution in [-0.4, -0.2) is 56.6 Å². The molecular weight excluding hydrogens is 478 g/mol. The van der Waals surface area contributed by atoms with Gasteiger partial charge >= 0.3 is 0 Å². The van der Waals surface area contributed by atoms with Crippen LogP contribution >= 0.6 is 11.6 Å². The third-order valence-corrected chi connectivity index (χ3v) is 6.62. The van der Waals surface area contributed by atoms with Crippen molar-refractivity contribution in [3.8, 4) is 11.5 Å². The third-order valence-electron chi connectivity index (χ3n) is 6.39. The van der Waals surface area contributed by atoms with Crippen LogP contribution in [0, 0.1) is 13.8 Å². The Bertz CT molecular complexity index is 1240. The van der Waals surface area contributed by atoms with Crippen molar-refractivity contribution in [1.82, 2.24) is 4.90 Å². The number of piperazine rings is 1. The molecule has 36 heavy (non-hydrogen) atoms. The summed E-state index contributed by atoms with van der Waals surface area (Å²) in [5, 5.41) is 3.38. The van der Waals surface area contributed by atoms with Gasteiger partial charge in [0, 0.05) is 42.6 Å². The third kappa shape index (κ3) is 5.91. The van der Waals surface area contributed by atoms with E-state index in [0.717, 1.165) is 16.8 Å². The van der Waals surface area contributed by atoms with Gasteiger partial charge in [-0.05, 0) is 73.5 Å². The lowest BCUT2D eigenvalue weighted by molar-refractivity contribution is -0.118. The van der Waals surface area contributed by atoms with Gasteiger partial charge < -0.3 is 24.6 Å². The van der Waals surface area contributed by atoms with Crippen LogP contribution in [0.1, 0.15) is 21.5 Å². The number of hydrogen-bond acceptors (Lipinski definition) is 5. The van der Waals surface area contributed by atoms with Crippen LogP contribution in [0.4, 0.5) is 11.4 Å². The summed E-state index contributed by atoms with van der Waals surface area (Å²) in [5.74, 6) is 0.929. The van der Waals surface area contributed by atoms with Crippen molar-refractivity contribution < 1.29 is 19.1 Å². The minimum absolute atomic E-state index is 0.0561. The summed E-state index contributed by atoms with van der Waals surface area (Å²) in [6.45, 7) is 6.50. The molecule has 1 fully saturated rings. The number of benzene rings is 3. The number of amides is 2. The van der Waals surface area contributed by atoms with Crippen LogP contribution < -0.4 is 19.7 Å². The highest BCUT2D eigenvalue weighted by atomic mass is 35.5. The van der Waals surface area contributed by atoms with E-state index < -0.39 is 0 Å². The fourth-order valence-corrected chi connectivity index (χ4v) is 4.33. The summed E-state index contributed by atoms with van der Waals surface area (Å²) in [5.41, 5.74) is 4.36. The van der Waals surface area contributed by atoms with Gasteiger partial charge in [-0.2, -0.15) is 0 Å². The summed E-state index contributed by atoms with van der Waals surface area (Å²) in [7, 11) is 1.54. The first kappa shape index (κ1) is 25.4. The molecule has 0 bridgehead atoms. The van der Waals surface area contributed by atoms with Crippen molar-refractivity contribution in [3.05, 3.63) is 82.4 Å². The lowest BCUT2D eigenvalue weighted by Gasteiger charge is -2.36. The van der Waals surface area contributed by atoms with E-state index in [2.05, 4.69) is 10.2 Å². The van der Waals surface area contributed by atoms with E-state index in [0.29, 0.717) is 54.0 Å². The molecule has 1 N–H and O–H groups in total. The quantitative estimate of drug-likeness (QED) is 0.490. The Kier molecular flexibility index (Phi) is 8.00. The molecule has 1 aliphatic rings. The number of anilines is 2. The molecular formula is C28H30ClN3O4. The number of aryl methyl sites for hydroxylation is 1. The largest absolute Gasteiger partial charge is 0.496 e. The molecule has 1 heterocycles. The number of nitrogens with zero attached hydrogens (tertiary/aromatic N) is 2. The van der Waals surface area contributed by atoms with E-state index in [1.54, 1.807) is 25.3 Å². The van der Waals surface area contributed by atoms with Gasteiger partial charge in [-0.25, -0.2) is 0 Å². The molecule has 0 unspecified atom stereocenters. The van der Waals surface area contributed by atoms with Gasteiger partial charge in [0.1, 0.15) is 11.5 Å². The monoisotopic (exact) mass is 507 g/mol. The minimum atomic E-state index is -0.216. The molecule has 188 valence electrons. The second kappa shape index (κ2) is 11.4. The second-order valence-corrected chi connectivity index (χ2v) is 9.14. The standard InChI is InChI=1S/C28H30ClN3O4/c1-19-5-4-6-25(20(19)2)36-18-27(33)30-22-8-10-23(11-9-22)31-13-15-32(16-14-31)28(34)24-17-21(29)7-12-26(24)35-3/h4-12,17H,13-16,18H2,1-3H3,(H,30,33). The zero-order chi connectivity index (χ0) is 25.7. The lowest BCUT2D eigenvalue weighted by atomic mass is 10.1. The molecule has 0 aliphatic carbocycles. The van der Waals surface area contributed by atoms with Crippen molar-refractivity contribution >= 4 is 34.8 Å². The van der Waals surface area contributed by atoms with Crippen LogP contribution in [0.25, 0.3) is 0 Å². The van der Waals surface area contributed by atoms with Crippen LogP contribution in [0.15, 0.2) is 60.7 Å². The number of carbonyl (C=O) groups excluding carboxylic acids is 2. The minimum Gasteiger partial charge on any atom is -0.496 e. The average Bonchev–Trinajstić information content (AvgIpc) is 2.89. The van der Waals surface area contributed by atoms with Gasteiger partial charge in [-0.3, -0.25) is 9.59 Å². The van der Waals surface area contributed by atoms with Crippen molar-refractivity contribution in [3.63, 3.8) is 0 Å². The van der Waals surface area contributed by atoms with E-state index in [1.807, 2.05) is 61.2 Å². The molecule has 3 aromatic rings. The Hall–Kier alpha value is -3.71. The average molecular weight is 508 g/mol. The normalized spacial score (nSPS) is 13.3. The molecule has 0 saturated carbocycles. The molecule has 4 rings (SSSR count). The van der Waals surface area contributed by atoms with Gasteiger partial charge in [0.15, 0.2) is 6.61 Å². The van der Waals surface area contributed by atoms with Gasteiger partial charge in [0.2, 0.25) is 0 Å². The van der Waals surface area contributed by atoms with E-state index >= 15 is 0 Å². The van der Waals surface area contributed by atoms with Crippen molar-refractivity contribution in [1.29, 1.82) is 0 Å². The summed E-state index contributed by atoms with van der Waals surface area (Å²) < 4.78 is 11.0. The first-order valence-electron chi connectivity index (χ1n) is 11.8. The molecule has 0 radical (unpaired) electrons. The van der Waals surface area contributed by atoms with Gasteiger partial charge in [-0.1, -0.05) is 23.7 Å². The molecule has 0 spiro atoms. The smallest absolute Gasteiger partial charge is 0.262 e. The highest BCUT2D eigenvalue weighted by molar-refractivity contribution is 6.31. The van der Waals surface area contributed by atoms with Gasteiger partial charge in [-0.15, -0.1) is 0 Å². The molecule has 7 nitrogen and oxygen atoms in total. The van der Waals surface area contributed by atoms with Gasteiger partial charge in [0.05, 0.1) is 12.7 Å². The molecule has 2 amide bonds. The number of hydrogen-bond donors (Lipinski definition) is 1. The topological polar surface area (TPSA) is 71.1 Å². The second-order valence-electron chi connectivity index (χ2n) is 8.71. The number of ether oxygens (including phenoxy) is 2. The highest BCUT2D eigenvalue weighted by Gasteiger charge is 2.24. The first-order chi connectivity index (χ1) is 17.4. The number of nitrogens with one attached hydrogen (secondary N) is 1. The van der Waals surface area contributed by atoms with E-state index in [1.165, 1.54) is 0 Å². The Morgan fingerprint density at radius 2 is 1.67 bits per heavy atom. The SMILES string of the molecule is COc1ccc(Cl)cc1C(=O)N1CCN(c2ccc(NC(=O)COc3cccc(C)c3C)cc2)CC1. The van der Waals surface area contributed by atoms with Crippen molar-refractivity contribution in [2.45, 2.75) is 13.8 Å². The fraction of sp³-hybridized carbons (Fsp3) is 0.286. The summed E-state index contributed by atoms with van der Waals surface area (Å²) >= 11 is 6.09. The van der Waals surface area contributed by atoms with Crippen LogP contribution in [0.2, 0.25) is 5.02 Å². The van der Waals surface area contributed by atoms with E-state index in [9.17, 15) is 9.59 Å². The predicted octanol–water partition coefficient (Wildman–Crippen LogP) is 4.95. The molecule has 1 saturated heterocycles. The van der Waals surface area contributed by atoms with Crippen LogP contribution in [-0.2, 0) is 4.79 Å². The van der Waals surface area contributed by atoms with Crippen molar-refractivity contribution in [2.75, 3.05) is 50.1 Å². The maximum absolute atomic E-state index is 13.0. The van der Waals surface area contributed by atoms with Crippen LogP contribution in [0.3, 0.4) is 0 Å².